The lowest BCUT2D eigenvalue weighted by Crippen LogP contribution is -1.85. The second-order valence-electron chi connectivity index (χ2n) is 3.66. The van der Waals surface area contributed by atoms with Crippen molar-refractivity contribution in [3.8, 4) is 11.5 Å². The van der Waals surface area contributed by atoms with Crippen LogP contribution in [0.1, 0.15) is 5.56 Å². The molecule has 0 aliphatic heterocycles. The zero-order chi connectivity index (χ0) is 12.3. The van der Waals surface area contributed by atoms with Crippen molar-refractivity contribution in [3.05, 3.63) is 53.1 Å². The summed E-state index contributed by atoms with van der Waals surface area (Å²) >= 11 is 6.01. The van der Waals surface area contributed by atoms with Crippen LogP contribution in [0.3, 0.4) is 0 Å². The van der Waals surface area contributed by atoms with Crippen LogP contribution >= 0.6 is 11.6 Å². The number of ether oxygens (including phenoxy) is 1. The van der Waals surface area contributed by atoms with Crippen molar-refractivity contribution in [3.63, 3.8) is 0 Å². The van der Waals surface area contributed by atoms with Crippen LogP contribution in [0.25, 0.3) is 0 Å². The Bertz CT molecular complexity index is 534. The first-order valence-corrected chi connectivity index (χ1v) is 5.58. The Morgan fingerprint density at radius 2 is 1.82 bits per heavy atom. The molecule has 2 nitrogen and oxygen atoms in total. The van der Waals surface area contributed by atoms with Crippen molar-refractivity contribution in [2.24, 2.45) is 4.99 Å². The molecule has 0 fully saturated rings. The van der Waals surface area contributed by atoms with Crippen LogP contribution in [0.5, 0.6) is 11.5 Å². The average molecular weight is 246 g/mol. The molecule has 0 radical (unpaired) electrons. The van der Waals surface area contributed by atoms with Gasteiger partial charge in [-0.2, -0.15) is 0 Å². The number of halogens is 1. The molecule has 0 saturated carbocycles. The number of aliphatic imine (C=N–C) groups is 1. The van der Waals surface area contributed by atoms with Gasteiger partial charge in [0, 0.05) is 0 Å². The number of hydrogen-bond donors (Lipinski definition) is 0. The number of nitrogens with zero attached hydrogens (tertiary/aromatic N) is 1. The van der Waals surface area contributed by atoms with Gasteiger partial charge < -0.3 is 4.74 Å². The van der Waals surface area contributed by atoms with Gasteiger partial charge in [0.05, 0.1) is 5.02 Å². The minimum atomic E-state index is 0.532. The van der Waals surface area contributed by atoms with Crippen LogP contribution in [-0.4, -0.2) is 6.72 Å². The van der Waals surface area contributed by atoms with Gasteiger partial charge in [0.1, 0.15) is 11.4 Å². The molecule has 0 N–H and O–H groups in total. The van der Waals surface area contributed by atoms with Gasteiger partial charge in [0.15, 0.2) is 5.75 Å². The maximum atomic E-state index is 6.01. The number of aryl methyl sites for hydroxylation is 1. The minimum Gasteiger partial charge on any atom is -0.455 e. The van der Waals surface area contributed by atoms with E-state index in [1.54, 1.807) is 6.07 Å². The van der Waals surface area contributed by atoms with Crippen LogP contribution < -0.4 is 4.74 Å². The van der Waals surface area contributed by atoms with Crippen molar-refractivity contribution in [1.82, 2.24) is 0 Å². The lowest BCUT2D eigenvalue weighted by Gasteiger charge is -2.09. The van der Waals surface area contributed by atoms with Gasteiger partial charge in [-0.15, -0.1) is 0 Å². The van der Waals surface area contributed by atoms with Gasteiger partial charge in [-0.05, 0) is 37.9 Å². The molecule has 0 bridgehead atoms. The third kappa shape index (κ3) is 2.66. The van der Waals surface area contributed by atoms with E-state index < -0.39 is 0 Å². The van der Waals surface area contributed by atoms with Crippen molar-refractivity contribution >= 4 is 24.0 Å². The number of rotatable bonds is 3. The summed E-state index contributed by atoms with van der Waals surface area (Å²) in [5.74, 6) is 1.36. The highest BCUT2D eigenvalue weighted by atomic mass is 35.5. The van der Waals surface area contributed by atoms with Crippen LogP contribution in [0.15, 0.2) is 47.5 Å². The van der Waals surface area contributed by atoms with E-state index in [0.717, 1.165) is 5.75 Å². The van der Waals surface area contributed by atoms with Gasteiger partial charge in [0.2, 0.25) is 0 Å². The molecule has 17 heavy (non-hydrogen) atoms. The fourth-order valence-corrected chi connectivity index (χ4v) is 1.69. The Kier molecular flexibility index (Phi) is 3.45. The summed E-state index contributed by atoms with van der Waals surface area (Å²) in [6.45, 7) is 5.52. The summed E-state index contributed by atoms with van der Waals surface area (Å²) < 4.78 is 5.72. The Morgan fingerprint density at radius 1 is 1.12 bits per heavy atom. The van der Waals surface area contributed by atoms with E-state index in [1.165, 1.54) is 5.56 Å². The quantitative estimate of drug-likeness (QED) is 0.714. The van der Waals surface area contributed by atoms with Crippen LogP contribution in [0, 0.1) is 6.92 Å². The van der Waals surface area contributed by atoms with E-state index in [4.69, 9.17) is 16.3 Å². The molecule has 2 aromatic rings. The third-order valence-corrected chi connectivity index (χ3v) is 2.66. The summed E-state index contributed by atoms with van der Waals surface area (Å²) in [6.07, 6.45) is 0. The predicted molar refractivity (Wildman–Crippen MR) is 71.9 cm³/mol. The smallest absolute Gasteiger partial charge is 0.154 e. The molecular formula is C14H12ClNO. The SMILES string of the molecule is C=Nc1c(Cl)cccc1Oc1ccc(C)cc1. The Morgan fingerprint density at radius 3 is 2.47 bits per heavy atom. The van der Waals surface area contributed by atoms with E-state index >= 15 is 0 Å². The lowest BCUT2D eigenvalue weighted by molar-refractivity contribution is 0.484. The molecule has 3 heteroatoms. The first kappa shape index (κ1) is 11.7. The van der Waals surface area contributed by atoms with Crippen LogP contribution in [-0.2, 0) is 0 Å². The maximum Gasteiger partial charge on any atom is 0.154 e. The molecule has 86 valence electrons. The highest BCUT2D eigenvalue weighted by molar-refractivity contribution is 6.33. The molecule has 0 spiro atoms. The van der Waals surface area contributed by atoms with E-state index in [9.17, 15) is 0 Å². The highest BCUT2D eigenvalue weighted by Crippen LogP contribution is 2.37. The minimum absolute atomic E-state index is 0.532. The summed E-state index contributed by atoms with van der Waals surface area (Å²) in [5.41, 5.74) is 1.75. The van der Waals surface area contributed by atoms with Crippen molar-refractivity contribution in [2.75, 3.05) is 0 Å². The molecule has 2 rings (SSSR count). The van der Waals surface area contributed by atoms with Gasteiger partial charge >= 0.3 is 0 Å². The summed E-state index contributed by atoms with van der Waals surface area (Å²) in [7, 11) is 0. The van der Waals surface area contributed by atoms with Crippen molar-refractivity contribution in [1.29, 1.82) is 0 Å². The first-order chi connectivity index (χ1) is 8.20. The fourth-order valence-electron chi connectivity index (χ4n) is 1.46. The Labute approximate surface area is 106 Å². The molecule has 0 heterocycles. The molecule has 0 aliphatic carbocycles. The zero-order valence-electron chi connectivity index (χ0n) is 9.48. The molecule has 0 aliphatic rings. The van der Waals surface area contributed by atoms with E-state index in [2.05, 4.69) is 11.7 Å². The van der Waals surface area contributed by atoms with Gasteiger partial charge in [-0.3, -0.25) is 4.99 Å². The fraction of sp³-hybridized carbons (Fsp3) is 0.0714. The standard InChI is InChI=1S/C14H12ClNO/c1-10-6-8-11(9-7-10)17-13-5-3-4-12(15)14(13)16-2/h3-9H,2H2,1H3. The zero-order valence-corrected chi connectivity index (χ0v) is 10.2. The molecule has 0 aromatic heterocycles. The predicted octanol–water partition coefficient (Wildman–Crippen LogP) is 4.77. The highest BCUT2D eigenvalue weighted by Gasteiger charge is 2.07. The molecule has 0 atom stereocenters. The first-order valence-electron chi connectivity index (χ1n) is 5.20. The van der Waals surface area contributed by atoms with Crippen LogP contribution in [0.2, 0.25) is 5.02 Å². The van der Waals surface area contributed by atoms with Gasteiger partial charge in [0.25, 0.3) is 0 Å². The van der Waals surface area contributed by atoms with Gasteiger partial charge in [-0.1, -0.05) is 35.4 Å². The molecule has 0 amide bonds. The summed E-state index contributed by atoms with van der Waals surface area (Å²) in [4.78, 5) is 3.88. The van der Waals surface area contributed by atoms with E-state index in [1.807, 2.05) is 43.3 Å². The average Bonchev–Trinajstić information content (AvgIpc) is 2.32. The van der Waals surface area contributed by atoms with E-state index in [-0.39, 0.29) is 0 Å². The van der Waals surface area contributed by atoms with Crippen molar-refractivity contribution in [2.45, 2.75) is 6.92 Å². The molecule has 0 unspecified atom stereocenters. The lowest BCUT2D eigenvalue weighted by atomic mass is 10.2. The van der Waals surface area contributed by atoms with Crippen LogP contribution in [0.4, 0.5) is 5.69 Å². The monoisotopic (exact) mass is 245 g/mol. The maximum absolute atomic E-state index is 6.01. The molecule has 0 saturated heterocycles. The number of benzene rings is 2. The third-order valence-electron chi connectivity index (χ3n) is 2.36. The van der Waals surface area contributed by atoms with Gasteiger partial charge in [-0.25, -0.2) is 0 Å². The Hall–Kier alpha value is -1.80. The second kappa shape index (κ2) is 5.02. The summed E-state index contributed by atoms with van der Waals surface area (Å²) in [6, 6.07) is 13.2. The molecular weight excluding hydrogens is 234 g/mol. The number of hydrogen-bond acceptors (Lipinski definition) is 2. The summed E-state index contributed by atoms with van der Waals surface area (Å²) in [5, 5.41) is 0.532. The topological polar surface area (TPSA) is 21.6 Å². The molecule has 2 aromatic carbocycles. The Balaban J connectivity index is 2.33. The van der Waals surface area contributed by atoms with Crippen molar-refractivity contribution < 1.29 is 4.74 Å². The second-order valence-corrected chi connectivity index (χ2v) is 4.07. The largest absolute Gasteiger partial charge is 0.455 e. The normalized spacial score (nSPS) is 10.0. The number of para-hydroxylation sites is 1. The van der Waals surface area contributed by atoms with E-state index in [0.29, 0.717) is 16.5 Å².